The number of nitrogens with zero attached hydrogens (tertiary/aromatic N) is 1. The van der Waals surface area contributed by atoms with E-state index < -0.39 is 18.4 Å². The molecule has 0 aliphatic heterocycles. The van der Waals surface area contributed by atoms with Crippen LogP contribution in [0, 0.1) is 12.7 Å². The van der Waals surface area contributed by atoms with Crippen LogP contribution in [-0.2, 0) is 11.2 Å². The maximum atomic E-state index is 12.9. The number of rotatable bonds is 5. The molecule has 0 saturated heterocycles. The number of carbonyl (C=O) groups excluding carboxylic acids is 2. The zero-order valence-electron chi connectivity index (χ0n) is 14.6. The monoisotopic (exact) mass is 351 g/mol. The van der Waals surface area contributed by atoms with Crippen LogP contribution in [0.5, 0.6) is 0 Å². The van der Waals surface area contributed by atoms with Crippen LogP contribution >= 0.6 is 0 Å². The molecule has 4 nitrogen and oxygen atoms in total. The number of carbonyl (C=O) groups is 2. The average molecular weight is 351 g/mol. The molecule has 1 heterocycles. The molecule has 1 aromatic heterocycles. The van der Waals surface area contributed by atoms with Crippen molar-refractivity contribution in [2.24, 2.45) is 0 Å². The second-order valence-corrected chi connectivity index (χ2v) is 5.94. The lowest BCUT2D eigenvalue weighted by Crippen LogP contribution is -2.17. The van der Waals surface area contributed by atoms with E-state index in [2.05, 4.69) is 4.98 Å². The minimum absolute atomic E-state index is 0.295. The van der Waals surface area contributed by atoms with E-state index in [9.17, 15) is 14.0 Å². The summed E-state index contributed by atoms with van der Waals surface area (Å²) < 4.78 is 18.2. The standard InChI is InChI=1S/C21H18FNO3/c1-3-17-20(13(2)16-6-4-5-7-18(16)23-17)21(25)26-12-19(24)14-8-10-15(22)11-9-14/h4-11H,3,12H2,1-2H3. The molecule has 0 radical (unpaired) electrons. The van der Waals surface area contributed by atoms with E-state index in [1.807, 2.05) is 38.1 Å². The van der Waals surface area contributed by atoms with Gasteiger partial charge in [0.2, 0.25) is 0 Å². The van der Waals surface area contributed by atoms with Crippen molar-refractivity contribution in [3.63, 3.8) is 0 Å². The minimum atomic E-state index is -0.576. The molecule has 0 N–H and O–H groups in total. The first-order valence-corrected chi connectivity index (χ1v) is 8.35. The van der Waals surface area contributed by atoms with Gasteiger partial charge < -0.3 is 4.74 Å². The predicted octanol–water partition coefficient (Wildman–Crippen LogP) is 4.28. The fourth-order valence-corrected chi connectivity index (χ4v) is 2.89. The number of hydrogen-bond acceptors (Lipinski definition) is 4. The Hall–Kier alpha value is -3.08. The Labute approximate surface area is 150 Å². The summed E-state index contributed by atoms with van der Waals surface area (Å²) in [6, 6.07) is 12.7. The van der Waals surface area contributed by atoms with Crippen LogP contribution in [0.15, 0.2) is 48.5 Å². The Morgan fingerprint density at radius 2 is 1.77 bits per heavy atom. The van der Waals surface area contributed by atoms with Crippen molar-refractivity contribution in [1.82, 2.24) is 4.98 Å². The Balaban J connectivity index is 1.84. The summed E-state index contributed by atoms with van der Waals surface area (Å²) >= 11 is 0. The largest absolute Gasteiger partial charge is 0.454 e. The number of esters is 1. The minimum Gasteiger partial charge on any atom is -0.454 e. The van der Waals surface area contributed by atoms with Crippen LogP contribution in [0.25, 0.3) is 10.9 Å². The molecule has 0 fully saturated rings. The van der Waals surface area contributed by atoms with Crippen molar-refractivity contribution in [1.29, 1.82) is 0 Å². The second-order valence-electron chi connectivity index (χ2n) is 5.94. The number of pyridine rings is 1. The number of ether oxygens (including phenoxy) is 1. The van der Waals surface area contributed by atoms with Gasteiger partial charge in [0.15, 0.2) is 12.4 Å². The molecule has 0 amide bonds. The molecule has 132 valence electrons. The number of halogens is 1. The third-order valence-electron chi connectivity index (χ3n) is 4.27. The van der Waals surface area contributed by atoms with E-state index in [1.165, 1.54) is 24.3 Å². The van der Waals surface area contributed by atoms with Gasteiger partial charge >= 0.3 is 5.97 Å². The summed E-state index contributed by atoms with van der Waals surface area (Å²) in [7, 11) is 0. The topological polar surface area (TPSA) is 56.3 Å². The van der Waals surface area contributed by atoms with Crippen LogP contribution < -0.4 is 0 Å². The number of aromatic nitrogens is 1. The van der Waals surface area contributed by atoms with E-state index in [-0.39, 0.29) is 5.78 Å². The Kier molecular flexibility index (Phi) is 5.07. The lowest BCUT2D eigenvalue weighted by Gasteiger charge is -2.13. The second kappa shape index (κ2) is 7.44. The van der Waals surface area contributed by atoms with Crippen LogP contribution in [0.1, 0.15) is 38.9 Å². The number of ketones is 1. The smallest absolute Gasteiger partial charge is 0.340 e. The van der Waals surface area contributed by atoms with Gasteiger partial charge in [-0.05, 0) is 49.2 Å². The number of benzene rings is 2. The highest BCUT2D eigenvalue weighted by atomic mass is 19.1. The van der Waals surface area contributed by atoms with Gasteiger partial charge in [-0.2, -0.15) is 0 Å². The zero-order chi connectivity index (χ0) is 18.7. The highest BCUT2D eigenvalue weighted by Crippen LogP contribution is 2.24. The first-order chi connectivity index (χ1) is 12.5. The van der Waals surface area contributed by atoms with Crippen molar-refractivity contribution in [2.75, 3.05) is 6.61 Å². The first kappa shape index (κ1) is 17.7. The van der Waals surface area contributed by atoms with E-state index >= 15 is 0 Å². The van der Waals surface area contributed by atoms with E-state index in [0.717, 1.165) is 16.5 Å². The van der Waals surface area contributed by atoms with Crippen LogP contribution in [0.3, 0.4) is 0 Å². The van der Waals surface area contributed by atoms with E-state index in [1.54, 1.807) is 0 Å². The molecule has 2 aromatic carbocycles. The number of hydrogen-bond donors (Lipinski definition) is 0. The molecule has 5 heteroatoms. The third kappa shape index (κ3) is 3.47. The van der Waals surface area contributed by atoms with Crippen molar-refractivity contribution in [3.8, 4) is 0 Å². The third-order valence-corrected chi connectivity index (χ3v) is 4.27. The molecule has 0 atom stereocenters. The maximum absolute atomic E-state index is 12.9. The van der Waals surface area contributed by atoms with Gasteiger partial charge in [-0.1, -0.05) is 25.1 Å². The molecule has 0 aliphatic rings. The van der Waals surface area contributed by atoms with Gasteiger partial charge in [-0.3, -0.25) is 9.78 Å². The summed E-state index contributed by atoms with van der Waals surface area (Å²) in [4.78, 5) is 29.3. The number of para-hydroxylation sites is 1. The molecule has 0 aliphatic carbocycles. The van der Waals surface area contributed by atoms with Crippen LogP contribution in [0.2, 0.25) is 0 Å². The summed E-state index contributed by atoms with van der Waals surface area (Å²) in [6.45, 7) is 3.36. The fourth-order valence-electron chi connectivity index (χ4n) is 2.89. The number of Topliss-reactive ketones (excluding diaryl/α,β-unsaturated/α-hetero) is 1. The quantitative estimate of drug-likeness (QED) is 0.508. The maximum Gasteiger partial charge on any atom is 0.340 e. The molecule has 0 bridgehead atoms. The van der Waals surface area contributed by atoms with Gasteiger partial charge in [0.1, 0.15) is 5.82 Å². The van der Waals surface area contributed by atoms with E-state index in [0.29, 0.717) is 23.2 Å². The van der Waals surface area contributed by atoms with Crippen LogP contribution in [0.4, 0.5) is 4.39 Å². The first-order valence-electron chi connectivity index (χ1n) is 8.35. The van der Waals surface area contributed by atoms with Crippen molar-refractivity contribution in [2.45, 2.75) is 20.3 Å². The van der Waals surface area contributed by atoms with Gasteiger partial charge in [0.05, 0.1) is 16.8 Å². The Morgan fingerprint density at radius 3 is 2.46 bits per heavy atom. The highest BCUT2D eigenvalue weighted by Gasteiger charge is 2.20. The summed E-state index contributed by atoms with van der Waals surface area (Å²) in [5.74, 6) is -1.39. The van der Waals surface area contributed by atoms with Gasteiger partial charge in [0, 0.05) is 10.9 Å². The van der Waals surface area contributed by atoms with Crippen LogP contribution in [-0.4, -0.2) is 23.3 Å². The van der Waals surface area contributed by atoms with Crippen molar-refractivity contribution >= 4 is 22.7 Å². The summed E-state index contributed by atoms with van der Waals surface area (Å²) in [5, 5.41) is 0.876. The average Bonchev–Trinajstić information content (AvgIpc) is 2.66. The van der Waals surface area contributed by atoms with E-state index in [4.69, 9.17) is 4.74 Å². The molecule has 26 heavy (non-hydrogen) atoms. The lowest BCUT2D eigenvalue weighted by atomic mass is 10.0. The zero-order valence-corrected chi connectivity index (χ0v) is 14.6. The molecule has 3 aromatic rings. The highest BCUT2D eigenvalue weighted by molar-refractivity contribution is 6.01. The van der Waals surface area contributed by atoms with Gasteiger partial charge in [0.25, 0.3) is 0 Å². The SMILES string of the molecule is CCc1nc2ccccc2c(C)c1C(=O)OCC(=O)c1ccc(F)cc1. The number of fused-ring (bicyclic) bond motifs is 1. The van der Waals surface area contributed by atoms with Crippen molar-refractivity contribution in [3.05, 3.63) is 76.7 Å². The van der Waals surface area contributed by atoms with Gasteiger partial charge in [-0.15, -0.1) is 0 Å². The fraction of sp³-hybridized carbons (Fsp3) is 0.190. The summed E-state index contributed by atoms with van der Waals surface area (Å²) in [5.41, 5.74) is 2.94. The predicted molar refractivity (Wildman–Crippen MR) is 96.9 cm³/mol. The molecular formula is C21H18FNO3. The number of aryl methyl sites for hydroxylation is 2. The molecule has 0 unspecified atom stereocenters. The molecular weight excluding hydrogens is 333 g/mol. The Bertz CT molecular complexity index is 980. The lowest BCUT2D eigenvalue weighted by molar-refractivity contribution is 0.0472. The normalized spacial score (nSPS) is 10.7. The van der Waals surface area contributed by atoms with Gasteiger partial charge in [-0.25, -0.2) is 9.18 Å². The molecule has 3 rings (SSSR count). The van der Waals surface area contributed by atoms with Crippen molar-refractivity contribution < 1.29 is 18.7 Å². The molecule has 0 spiro atoms. The summed E-state index contributed by atoms with van der Waals surface area (Å²) in [6.07, 6.45) is 0.571. The Morgan fingerprint density at radius 1 is 1.08 bits per heavy atom. The molecule has 0 saturated carbocycles.